The van der Waals surface area contributed by atoms with Crippen molar-refractivity contribution in [2.75, 3.05) is 6.16 Å². The summed E-state index contributed by atoms with van der Waals surface area (Å²) in [6.45, 7) is 4.53. The zero-order chi connectivity index (χ0) is 9.07. The van der Waals surface area contributed by atoms with E-state index >= 15 is 0 Å². The van der Waals surface area contributed by atoms with Crippen LogP contribution in [0, 0.1) is 0 Å². The van der Waals surface area contributed by atoms with Gasteiger partial charge in [-0.25, -0.2) is 0 Å². The van der Waals surface area contributed by atoms with E-state index in [0.29, 0.717) is 5.57 Å². The van der Waals surface area contributed by atoms with E-state index in [4.69, 9.17) is 4.89 Å². The maximum absolute atomic E-state index is 11.0. The second-order valence-corrected chi connectivity index (χ2v) is 4.84. The molecule has 0 fully saturated rings. The summed E-state index contributed by atoms with van der Waals surface area (Å²) < 4.78 is 11.0. The molecule has 0 aliphatic heterocycles. The van der Waals surface area contributed by atoms with Crippen LogP contribution in [0.2, 0.25) is 0 Å². The van der Waals surface area contributed by atoms with Crippen LogP contribution in [-0.4, -0.2) is 16.8 Å². The van der Waals surface area contributed by atoms with Gasteiger partial charge in [-0.15, -0.1) is 0 Å². The molecule has 3 nitrogen and oxygen atoms in total. The fraction of sp³-hybridized carbons (Fsp3) is 0.571. The third-order valence-electron chi connectivity index (χ3n) is 1.40. The van der Waals surface area contributed by atoms with Crippen LogP contribution in [0.25, 0.3) is 0 Å². The number of hydrogen-bond donors (Lipinski definition) is 1. The number of carbonyl (C=O) groups is 1. The Labute approximate surface area is 66.6 Å². The van der Waals surface area contributed by atoms with E-state index in [9.17, 15) is 9.36 Å². The monoisotopic (exact) mass is 176 g/mol. The van der Waals surface area contributed by atoms with Crippen LogP contribution in [0.1, 0.15) is 20.8 Å². The molecule has 1 N–H and O–H groups in total. The quantitative estimate of drug-likeness (QED) is 0.526. The van der Waals surface area contributed by atoms with Crippen molar-refractivity contribution in [3.8, 4) is 0 Å². The number of rotatable bonds is 3. The van der Waals surface area contributed by atoms with Crippen molar-refractivity contribution in [3.63, 3.8) is 0 Å². The largest absolute Gasteiger partial charge is 0.341 e. The normalized spacial score (nSPS) is 17.6. The third-order valence-corrected chi connectivity index (χ3v) is 3.10. The molecule has 64 valence electrons. The third kappa shape index (κ3) is 4.12. The predicted octanol–water partition coefficient (Wildman–Crippen LogP) is 1.77. The Balaban J connectivity index is 4.56. The van der Waals surface area contributed by atoms with Crippen LogP contribution in [-0.2, 0) is 9.36 Å². The molecular formula is C7H13O3P. The lowest BCUT2D eigenvalue weighted by Crippen LogP contribution is -1.92. The Morgan fingerprint density at radius 1 is 1.55 bits per heavy atom. The molecule has 0 rings (SSSR count). The molecule has 1 unspecified atom stereocenters. The SMILES string of the molecule is CCP(=O)(O)/C=C(\C)C(C)=O. The van der Waals surface area contributed by atoms with Crippen LogP contribution in [0.5, 0.6) is 0 Å². The summed E-state index contributed by atoms with van der Waals surface area (Å²) in [6.07, 6.45) is 0.178. The van der Waals surface area contributed by atoms with E-state index in [1.54, 1.807) is 13.8 Å². The molecule has 0 saturated carbocycles. The summed E-state index contributed by atoms with van der Waals surface area (Å²) >= 11 is 0. The molecule has 0 amide bonds. The van der Waals surface area contributed by atoms with Gasteiger partial charge in [0.15, 0.2) is 5.78 Å². The smallest absolute Gasteiger partial charge is 0.222 e. The van der Waals surface area contributed by atoms with Gasteiger partial charge < -0.3 is 4.89 Å². The summed E-state index contributed by atoms with van der Waals surface area (Å²) in [5.41, 5.74) is 0.359. The van der Waals surface area contributed by atoms with E-state index in [1.807, 2.05) is 0 Å². The van der Waals surface area contributed by atoms with Gasteiger partial charge in [0, 0.05) is 12.0 Å². The number of carbonyl (C=O) groups excluding carboxylic acids is 1. The van der Waals surface area contributed by atoms with E-state index in [0.717, 1.165) is 5.82 Å². The molecule has 0 saturated heterocycles. The van der Waals surface area contributed by atoms with Crippen molar-refractivity contribution < 1.29 is 14.3 Å². The molecular weight excluding hydrogens is 163 g/mol. The predicted molar refractivity (Wildman–Crippen MR) is 44.8 cm³/mol. The topological polar surface area (TPSA) is 54.4 Å². The van der Waals surface area contributed by atoms with Gasteiger partial charge in [-0.2, -0.15) is 0 Å². The molecule has 0 aromatic heterocycles. The highest BCUT2D eigenvalue weighted by Crippen LogP contribution is 2.42. The minimum atomic E-state index is -3.17. The van der Waals surface area contributed by atoms with Crippen LogP contribution in [0.3, 0.4) is 0 Å². The molecule has 4 heteroatoms. The Morgan fingerprint density at radius 3 is 2.27 bits per heavy atom. The lowest BCUT2D eigenvalue weighted by Gasteiger charge is -2.02. The second kappa shape index (κ2) is 3.84. The van der Waals surface area contributed by atoms with Crippen molar-refractivity contribution in [2.45, 2.75) is 20.8 Å². The molecule has 0 aromatic carbocycles. The average Bonchev–Trinajstić information content (AvgIpc) is 1.87. The van der Waals surface area contributed by atoms with Crippen molar-refractivity contribution in [1.82, 2.24) is 0 Å². The molecule has 0 aliphatic rings. The first-order chi connectivity index (χ1) is 4.89. The highest BCUT2D eigenvalue weighted by atomic mass is 31.2. The first kappa shape index (κ1) is 10.6. The Kier molecular flexibility index (Phi) is 3.70. The van der Waals surface area contributed by atoms with E-state index in [1.165, 1.54) is 6.92 Å². The lowest BCUT2D eigenvalue weighted by molar-refractivity contribution is -0.113. The van der Waals surface area contributed by atoms with Gasteiger partial charge in [-0.05, 0) is 19.4 Å². The minimum Gasteiger partial charge on any atom is -0.341 e. The summed E-state index contributed by atoms with van der Waals surface area (Å²) in [5.74, 6) is 1.00. The average molecular weight is 176 g/mol. The Hall–Kier alpha value is -0.400. The summed E-state index contributed by atoms with van der Waals surface area (Å²) in [4.78, 5) is 19.7. The van der Waals surface area contributed by atoms with Crippen molar-refractivity contribution >= 4 is 13.2 Å². The minimum absolute atomic E-state index is 0.160. The molecule has 0 aromatic rings. The molecule has 0 radical (unpaired) electrons. The highest BCUT2D eigenvalue weighted by molar-refractivity contribution is 7.61. The molecule has 0 spiro atoms. The number of hydrogen-bond acceptors (Lipinski definition) is 2. The number of ketones is 1. The Morgan fingerprint density at radius 2 is 2.00 bits per heavy atom. The standard InChI is InChI=1S/C7H13O3P/c1-4-11(9,10)5-6(2)7(3)8/h5H,4H2,1-3H3,(H,9,10)/b6-5+. The zero-order valence-electron chi connectivity index (χ0n) is 7.00. The summed E-state index contributed by atoms with van der Waals surface area (Å²) in [7, 11) is -3.17. The number of allylic oxidation sites excluding steroid dienone is 1. The first-order valence-electron chi connectivity index (χ1n) is 3.41. The number of Topliss-reactive ketones (excluding diaryl/α,β-unsaturated/α-hetero) is 1. The van der Waals surface area contributed by atoms with Crippen molar-refractivity contribution in [3.05, 3.63) is 11.4 Å². The van der Waals surface area contributed by atoms with Gasteiger partial charge in [0.25, 0.3) is 0 Å². The van der Waals surface area contributed by atoms with Crippen LogP contribution >= 0.6 is 7.37 Å². The summed E-state index contributed by atoms with van der Waals surface area (Å²) in [6, 6.07) is 0. The van der Waals surface area contributed by atoms with Gasteiger partial charge >= 0.3 is 0 Å². The fourth-order valence-corrected chi connectivity index (χ4v) is 1.45. The van der Waals surface area contributed by atoms with E-state index < -0.39 is 7.37 Å². The molecule has 0 heterocycles. The molecule has 11 heavy (non-hydrogen) atoms. The molecule has 1 atom stereocenters. The van der Waals surface area contributed by atoms with Gasteiger partial charge in [-0.3, -0.25) is 9.36 Å². The molecule has 0 aliphatic carbocycles. The second-order valence-electron chi connectivity index (χ2n) is 2.44. The fourth-order valence-electron chi connectivity index (χ4n) is 0.485. The highest BCUT2D eigenvalue weighted by Gasteiger charge is 2.12. The van der Waals surface area contributed by atoms with Crippen LogP contribution in [0.4, 0.5) is 0 Å². The van der Waals surface area contributed by atoms with Crippen LogP contribution in [0.15, 0.2) is 11.4 Å². The first-order valence-corrected chi connectivity index (χ1v) is 5.32. The van der Waals surface area contributed by atoms with E-state index in [2.05, 4.69) is 0 Å². The maximum atomic E-state index is 11.0. The van der Waals surface area contributed by atoms with Gasteiger partial charge in [-0.1, -0.05) is 6.92 Å². The van der Waals surface area contributed by atoms with Gasteiger partial charge in [0.1, 0.15) is 0 Å². The van der Waals surface area contributed by atoms with Crippen molar-refractivity contribution in [2.24, 2.45) is 0 Å². The van der Waals surface area contributed by atoms with Crippen molar-refractivity contribution in [1.29, 1.82) is 0 Å². The van der Waals surface area contributed by atoms with E-state index in [-0.39, 0.29) is 11.9 Å². The van der Waals surface area contributed by atoms with Crippen LogP contribution < -0.4 is 0 Å². The lowest BCUT2D eigenvalue weighted by atomic mass is 10.2. The van der Waals surface area contributed by atoms with Gasteiger partial charge in [0.05, 0.1) is 0 Å². The Bertz CT molecular complexity index is 230. The zero-order valence-corrected chi connectivity index (χ0v) is 7.89. The van der Waals surface area contributed by atoms with Gasteiger partial charge in [0.2, 0.25) is 7.37 Å². The molecule has 0 bridgehead atoms. The summed E-state index contributed by atoms with van der Waals surface area (Å²) in [5, 5.41) is 0. The maximum Gasteiger partial charge on any atom is 0.222 e.